The number of para-hydroxylation sites is 1. The van der Waals surface area contributed by atoms with Gasteiger partial charge in [-0.05, 0) is 36.6 Å². The first-order valence-corrected chi connectivity index (χ1v) is 11.0. The van der Waals surface area contributed by atoms with Crippen LogP contribution < -0.4 is 10.1 Å². The van der Waals surface area contributed by atoms with Gasteiger partial charge in [0.15, 0.2) is 5.69 Å². The zero-order valence-corrected chi connectivity index (χ0v) is 18.6. The summed E-state index contributed by atoms with van der Waals surface area (Å²) in [7, 11) is 1.64. The zero-order chi connectivity index (χ0) is 23.0. The number of carbonyl (C=O) groups is 1. The quantitative estimate of drug-likeness (QED) is 0.501. The van der Waals surface area contributed by atoms with Crippen LogP contribution >= 0.6 is 0 Å². The number of oxazole rings is 1. The fraction of sp³-hybridized carbons (Fsp3) is 0.360. The summed E-state index contributed by atoms with van der Waals surface area (Å²) in [4.78, 5) is 18.9. The minimum Gasteiger partial charge on any atom is -0.496 e. The lowest BCUT2D eigenvalue weighted by Crippen LogP contribution is -2.32. The Hall–Kier alpha value is -3.23. The van der Waals surface area contributed by atoms with E-state index < -0.39 is 0 Å². The molecule has 0 aliphatic carbocycles. The highest BCUT2D eigenvalue weighted by Gasteiger charge is 2.20. The van der Waals surface area contributed by atoms with Gasteiger partial charge in [0, 0.05) is 31.8 Å². The molecule has 0 saturated carbocycles. The Morgan fingerprint density at radius 3 is 2.76 bits per heavy atom. The number of amides is 1. The van der Waals surface area contributed by atoms with Crippen molar-refractivity contribution in [3.05, 3.63) is 83.3 Å². The highest BCUT2D eigenvalue weighted by atomic mass is 19.1. The molecule has 1 N–H and O–H groups in total. The molecule has 3 aromatic rings. The number of nitrogens with one attached hydrogen (secondary N) is 1. The molecule has 1 aliphatic heterocycles. The van der Waals surface area contributed by atoms with Gasteiger partial charge in [0.2, 0.25) is 5.89 Å². The first-order valence-electron chi connectivity index (χ1n) is 11.0. The number of halogens is 1. The van der Waals surface area contributed by atoms with Gasteiger partial charge >= 0.3 is 0 Å². The second-order valence-electron chi connectivity index (χ2n) is 8.06. The molecule has 0 spiro atoms. The van der Waals surface area contributed by atoms with E-state index in [-0.39, 0.29) is 23.5 Å². The minimum atomic E-state index is -0.282. The standard InChI is InChI=1S/C25H28FN3O4/c1-31-23-7-3-2-5-19(23)15-29(14-18-8-10-20(26)11-9-18)16-24-28-22(17-33-24)25(30)27-13-21-6-4-12-32-21/h2-3,5,7-11,17,21H,4,6,12-16H2,1H3,(H,27,30). The molecule has 2 aromatic carbocycles. The number of ether oxygens (including phenoxy) is 2. The van der Waals surface area contributed by atoms with Gasteiger partial charge in [-0.1, -0.05) is 30.3 Å². The van der Waals surface area contributed by atoms with E-state index in [1.54, 1.807) is 19.2 Å². The summed E-state index contributed by atoms with van der Waals surface area (Å²) < 4.78 is 30.0. The van der Waals surface area contributed by atoms with E-state index in [9.17, 15) is 9.18 Å². The molecule has 1 aromatic heterocycles. The second-order valence-corrected chi connectivity index (χ2v) is 8.06. The smallest absolute Gasteiger partial charge is 0.273 e. The van der Waals surface area contributed by atoms with Crippen molar-refractivity contribution in [1.29, 1.82) is 0 Å². The van der Waals surface area contributed by atoms with E-state index in [1.165, 1.54) is 18.4 Å². The fourth-order valence-corrected chi connectivity index (χ4v) is 3.87. The number of rotatable bonds is 10. The highest BCUT2D eigenvalue weighted by Crippen LogP contribution is 2.22. The maximum atomic E-state index is 13.4. The number of carbonyl (C=O) groups excluding carboxylic acids is 1. The van der Waals surface area contributed by atoms with Gasteiger partial charge in [0.05, 0.1) is 19.8 Å². The lowest BCUT2D eigenvalue weighted by molar-refractivity contribution is 0.0853. The summed E-state index contributed by atoms with van der Waals surface area (Å²) in [5, 5.41) is 2.86. The Bertz CT molecular complexity index is 1050. The van der Waals surface area contributed by atoms with Gasteiger partial charge in [0.25, 0.3) is 5.91 Å². The van der Waals surface area contributed by atoms with Crippen LogP contribution in [0.15, 0.2) is 59.2 Å². The van der Waals surface area contributed by atoms with Crippen molar-refractivity contribution in [2.45, 2.75) is 38.6 Å². The summed E-state index contributed by atoms with van der Waals surface area (Å²) in [5.74, 6) is 0.647. The van der Waals surface area contributed by atoms with Gasteiger partial charge in [-0.3, -0.25) is 9.69 Å². The Morgan fingerprint density at radius 1 is 1.18 bits per heavy atom. The van der Waals surface area contributed by atoms with Gasteiger partial charge < -0.3 is 19.2 Å². The third-order valence-electron chi connectivity index (χ3n) is 5.56. The van der Waals surface area contributed by atoms with Gasteiger partial charge in [0.1, 0.15) is 17.8 Å². The molecule has 0 radical (unpaired) electrons. The average Bonchev–Trinajstić information content (AvgIpc) is 3.52. The van der Waals surface area contributed by atoms with E-state index in [4.69, 9.17) is 13.9 Å². The van der Waals surface area contributed by atoms with Crippen molar-refractivity contribution in [1.82, 2.24) is 15.2 Å². The van der Waals surface area contributed by atoms with Crippen molar-refractivity contribution in [2.75, 3.05) is 20.3 Å². The van der Waals surface area contributed by atoms with E-state index in [0.29, 0.717) is 32.1 Å². The van der Waals surface area contributed by atoms with E-state index in [2.05, 4.69) is 15.2 Å². The fourth-order valence-electron chi connectivity index (χ4n) is 3.87. The molecule has 33 heavy (non-hydrogen) atoms. The lowest BCUT2D eigenvalue weighted by Gasteiger charge is -2.22. The summed E-state index contributed by atoms with van der Waals surface area (Å²) in [6, 6.07) is 14.2. The maximum Gasteiger partial charge on any atom is 0.273 e. The van der Waals surface area contributed by atoms with Crippen molar-refractivity contribution in [3.8, 4) is 5.75 Å². The molecular weight excluding hydrogens is 425 g/mol. The van der Waals surface area contributed by atoms with Crippen LogP contribution in [-0.4, -0.2) is 42.2 Å². The summed E-state index contributed by atoms with van der Waals surface area (Å²) in [5.41, 5.74) is 2.19. The number of hydrogen-bond donors (Lipinski definition) is 1. The van der Waals surface area contributed by atoms with E-state index in [1.807, 2.05) is 24.3 Å². The van der Waals surface area contributed by atoms with Crippen LogP contribution in [0.3, 0.4) is 0 Å². The second kappa shape index (κ2) is 11.1. The van der Waals surface area contributed by atoms with Crippen molar-refractivity contribution in [2.24, 2.45) is 0 Å². The lowest BCUT2D eigenvalue weighted by atomic mass is 10.1. The topological polar surface area (TPSA) is 76.8 Å². The Labute approximate surface area is 192 Å². The number of aromatic nitrogens is 1. The molecule has 1 aliphatic rings. The van der Waals surface area contributed by atoms with E-state index in [0.717, 1.165) is 36.3 Å². The monoisotopic (exact) mass is 453 g/mol. The summed E-state index contributed by atoms with van der Waals surface area (Å²) in [6.45, 7) is 2.68. The third-order valence-corrected chi connectivity index (χ3v) is 5.56. The van der Waals surface area contributed by atoms with Crippen molar-refractivity contribution >= 4 is 5.91 Å². The highest BCUT2D eigenvalue weighted by molar-refractivity contribution is 5.91. The van der Waals surface area contributed by atoms with Crippen LogP contribution in [-0.2, 0) is 24.4 Å². The van der Waals surface area contributed by atoms with Gasteiger partial charge in [-0.2, -0.15) is 0 Å². The Morgan fingerprint density at radius 2 is 2.00 bits per heavy atom. The number of methoxy groups -OCH3 is 1. The van der Waals surface area contributed by atoms with E-state index >= 15 is 0 Å². The largest absolute Gasteiger partial charge is 0.496 e. The molecule has 2 heterocycles. The Balaban J connectivity index is 1.45. The summed E-state index contributed by atoms with van der Waals surface area (Å²) >= 11 is 0. The van der Waals surface area contributed by atoms with Crippen LogP contribution in [0.5, 0.6) is 5.75 Å². The number of nitrogens with zero attached hydrogens (tertiary/aromatic N) is 2. The molecule has 0 bridgehead atoms. The molecule has 8 heteroatoms. The molecule has 1 amide bonds. The predicted molar refractivity (Wildman–Crippen MR) is 120 cm³/mol. The molecule has 1 atom stereocenters. The van der Waals surface area contributed by atoms with Crippen LogP contribution in [0.2, 0.25) is 0 Å². The number of benzene rings is 2. The molecule has 174 valence electrons. The average molecular weight is 454 g/mol. The van der Waals surface area contributed by atoms with Gasteiger partial charge in [-0.25, -0.2) is 9.37 Å². The van der Waals surface area contributed by atoms with Crippen LogP contribution in [0.25, 0.3) is 0 Å². The van der Waals surface area contributed by atoms with Crippen molar-refractivity contribution in [3.63, 3.8) is 0 Å². The molecular formula is C25H28FN3O4. The molecule has 1 fully saturated rings. The molecule has 1 unspecified atom stereocenters. The maximum absolute atomic E-state index is 13.4. The third kappa shape index (κ3) is 6.40. The molecule has 1 saturated heterocycles. The van der Waals surface area contributed by atoms with Crippen LogP contribution in [0, 0.1) is 5.82 Å². The normalized spacial score (nSPS) is 15.7. The minimum absolute atomic E-state index is 0.0624. The van der Waals surface area contributed by atoms with Gasteiger partial charge in [-0.15, -0.1) is 0 Å². The van der Waals surface area contributed by atoms with Crippen LogP contribution in [0.1, 0.15) is 40.3 Å². The molecule has 4 rings (SSSR count). The summed E-state index contributed by atoms with van der Waals surface area (Å²) in [6.07, 6.45) is 3.41. The SMILES string of the molecule is COc1ccccc1CN(Cc1ccc(F)cc1)Cc1nc(C(=O)NCC2CCCO2)co1. The predicted octanol–water partition coefficient (Wildman–Crippen LogP) is 3.93. The zero-order valence-electron chi connectivity index (χ0n) is 18.6. The first-order chi connectivity index (χ1) is 16.1. The Kier molecular flexibility index (Phi) is 7.70. The van der Waals surface area contributed by atoms with Crippen LogP contribution in [0.4, 0.5) is 4.39 Å². The molecule has 7 nitrogen and oxygen atoms in total. The van der Waals surface area contributed by atoms with Crippen molar-refractivity contribution < 1.29 is 23.1 Å². The first kappa shape index (κ1) is 22.9. The number of hydrogen-bond acceptors (Lipinski definition) is 6.